The minimum atomic E-state index is -1.51. The van der Waals surface area contributed by atoms with E-state index < -0.39 is 7.12 Å². The van der Waals surface area contributed by atoms with Gasteiger partial charge in [0.25, 0.3) is 0 Å². The van der Waals surface area contributed by atoms with Crippen molar-refractivity contribution >= 4 is 12.6 Å². The zero-order chi connectivity index (χ0) is 9.97. The minimum absolute atomic E-state index is 0.354. The van der Waals surface area contributed by atoms with E-state index in [9.17, 15) is 0 Å². The van der Waals surface area contributed by atoms with Crippen LogP contribution in [0.4, 0.5) is 0 Å². The summed E-state index contributed by atoms with van der Waals surface area (Å²) in [4.78, 5) is 7.88. The Morgan fingerprint density at radius 3 is 2.71 bits per heavy atom. The minimum Gasteiger partial charge on any atom is -0.443 e. The summed E-state index contributed by atoms with van der Waals surface area (Å²) in [5.41, 5.74) is 0.828. The fraction of sp³-hybridized carbons (Fsp3) is 0. The number of oxazole rings is 1. The first-order valence-electron chi connectivity index (χ1n) is 3.99. The highest BCUT2D eigenvalue weighted by atomic mass is 16.4. The molecule has 70 valence electrons. The summed E-state index contributed by atoms with van der Waals surface area (Å²) < 4.78 is 5.02. The SMILES string of the molecule is OB(O)c1ccnc(-c2ncco2)c1. The van der Waals surface area contributed by atoms with Crippen LogP contribution in [0.5, 0.6) is 0 Å². The van der Waals surface area contributed by atoms with Crippen LogP contribution in [0.1, 0.15) is 0 Å². The first-order chi connectivity index (χ1) is 6.77. The molecular weight excluding hydrogens is 183 g/mol. The number of aromatic nitrogens is 2. The highest BCUT2D eigenvalue weighted by Crippen LogP contribution is 2.11. The van der Waals surface area contributed by atoms with E-state index in [-0.39, 0.29) is 0 Å². The van der Waals surface area contributed by atoms with Crippen LogP contribution in [0.15, 0.2) is 35.2 Å². The smallest absolute Gasteiger partial charge is 0.443 e. The summed E-state index contributed by atoms with van der Waals surface area (Å²) in [5, 5.41) is 17.8. The molecule has 2 aromatic rings. The van der Waals surface area contributed by atoms with E-state index in [1.807, 2.05) is 0 Å². The Hall–Kier alpha value is -1.66. The molecule has 0 fully saturated rings. The van der Waals surface area contributed by atoms with Crippen molar-refractivity contribution in [2.24, 2.45) is 0 Å². The van der Waals surface area contributed by atoms with Gasteiger partial charge in [-0.1, -0.05) is 0 Å². The molecule has 0 amide bonds. The molecule has 0 aromatic carbocycles. The van der Waals surface area contributed by atoms with Gasteiger partial charge in [0.15, 0.2) is 0 Å². The third-order valence-corrected chi connectivity index (χ3v) is 1.73. The van der Waals surface area contributed by atoms with Crippen molar-refractivity contribution < 1.29 is 14.5 Å². The lowest BCUT2D eigenvalue weighted by molar-refractivity contribution is 0.425. The fourth-order valence-electron chi connectivity index (χ4n) is 1.07. The van der Waals surface area contributed by atoms with E-state index in [1.54, 1.807) is 0 Å². The first-order valence-corrected chi connectivity index (χ1v) is 3.99. The third-order valence-electron chi connectivity index (χ3n) is 1.73. The zero-order valence-corrected chi connectivity index (χ0v) is 7.16. The van der Waals surface area contributed by atoms with Crippen LogP contribution >= 0.6 is 0 Å². The highest BCUT2D eigenvalue weighted by molar-refractivity contribution is 6.58. The maximum absolute atomic E-state index is 8.92. The van der Waals surface area contributed by atoms with E-state index >= 15 is 0 Å². The van der Waals surface area contributed by atoms with Crippen LogP contribution in [0.2, 0.25) is 0 Å². The average molecular weight is 190 g/mol. The molecule has 2 rings (SSSR count). The Bertz CT molecular complexity index is 416. The second kappa shape index (κ2) is 3.61. The van der Waals surface area contributed by atoms with Gasteiger partial charge in [0.05, 0.1) is 6.20 Å². The monoisotopic (exact) mass is 190 g/mol. The average Bonchev–Trinajstić information content (AvgIpc) is 2.71. The normalized spacial score (nSPS) is 10.1. The molecule has 6 heteroatoms. The van der Waals surface area contributed by atoms with Gasteiger partial charge in [-0.05, 0) is 17.6 Å². The zero-order valence-electron chi connectivity index (χ0n) is 7.16. The molecule has 0 spiro atoms. The number of nitrogens with zero attached hydrogens (tertiary/aromatic N) is 2. The number of hydrogen-bond acceptors (Lipinski definition) is 5. The van der Waals surface area contributed by atoms with E-state index in [0.29, 0.717) is 17.0 Å². The molecule has 0 aliphatic carbocycles. The first kappa shape index (κ1) is 8.92. The summed E-state index contributed by atoms with van der Waals surface area (Å²) >= 11 is 0. The van der Waals surface area contributed by atoms with Crippen LogP contribution in [0.3, 0.4) is 0 Å². The van der Waals surface area contributed by atoms with Gasteiger partial charge >= 0.3 is 7.12 Å². The van der Waals surface area contributed by atoms with Gasteiger partial charge < -0.3 is 14.5 Å². The predicted octanol–water partition coefficient (Wildman–Crippen LogP) is -0.584. The molecule has 2 heterocycles. The van der Waals surface area contributed by atoms with Crippen LogP contribution < -0.4 is 5.46 Å². The van der Waals surface area contributed by atoms with Gasteiger partial charge in [0.1, 0.15) is 12.0 Å². The molecular formula is C8H7BN2O3. The number of pyridine rings is 1. The maximum atomic E-state index is 8.92. The van der Waals surface area contributed by atoms with Gasteiger partial charge in [0, 0.05) is 6.20 Å². The molecule has 0 radical (unpaired) electrons. The van der Waals surface area contributed by atoms with E-state index in [0.717, 1.165) is 0 Å². The molecule has 2 aromatic heterocycles. The Morgan fingerprint density at radius 1 is 1.21 bits per heavy atom. The van der Waals surface area contributed by atoms with Crippen molar-refractivity contribution in [3.8, 4) is 11.6 Å². The van der Waals surface area contributed by atoms with Crippen molar-refractivity contribution in [3.05, 3.63) is 30.8 Å². The molecule has 14 heavy (non-hydrogen) atoms. The maximum Gasteiger partial charge on any atom is 0.488 e. The molecule has 0 saturated heterocycles. The second-order valence-corrected chi connectivity index (χ2v) is 2.69. The Labute approximate surface area is 80.2 Å². The Balaban J connectivity index is 2.41. The summed E-state index contributed by atoms with van der Waals surface area (Å²) in [6.45, 7) is 0. The van der Waals surface area contributed by atoms with Crippen LogP contribution in [-0.2, 0) is 0 Å². The lowest BCUT2D eigenvalue weighted by atomic mass is 9.81. The summed E-state index contributed by atoms with van der Waals surface area (Å²) in [5.74, 6) is 0.354. The number of rotatable bonds is 2. The molecule has 5 nitrogen and oxygen atoms in total. The molecule has 0 atom stereocenters. The molecule has 0 aliphatic rings. The molecule has 2 N–H and O–H groups in total. The van der Waals surface area contributed by atoms with Crippen LogP contribution in [-0.4, -0.2) is 27.1 Å². The van der Waals surface area contributed by atoms with Gasteiger partial charge in [-0.2, -0.15) is 0 Å². The molecule has 0 unspecified atom stereocenters. The van der Waals surface area contributed by atoms with Crippen molar-refractivity contribution in [1.29, 1.82) is 0 Å². The van der Waals surface area contributed by atoms with Crippen LogP contribution in [0, 0.1) is 0 Å². The van der Waals surface area contributed by atoms with E-state index in [2.05, 4.69) is 9.97 Å². The lowest BCUT2D eigenvalue weighted by Crippen LogP contribution is -2.29. The molecule has 0 aliphatic heterocycles. The molecule has 0 bridgehead atoms. The van der Waals surface area contributed by atoms with E-state index in [1.165, 1.54) is 30.8 Å². The standard InChI is InChI=1S/C8H7BN2O3/c12-9(13)6-1-2-10-7(5-6)8-11-3-4-14-8/h1-5,12-13H. The van der Waals surface area contributed by atoms with E-state index in [4.69, 9.17) is 14.5 Å². The van der Waals surface area contributed by atoms with Crippen molar-refractivity contribution in [3.63, 3.8) is 0 Å². The second-order valence-electron chi connectivity index (χ2n) is 2.69. The van der Waals surface area contributed by atoms with Gasteiger partial charge in [-0.25, -0.2) is 4.98 Å². The topological polar surface area (TPSA) is 79.4 Å². The number of hydrogen-bond donors (Lipinski definition) is 2. The third kappa shape index (κ3) is 1.66. The van der Waals surface area contributed by atoms with Crippen LogP contribution in [0.25, 0.3) is 11.6 Å². The largest absolute Gasteiger partial charge is 0.488 e. The fourth-order valence-corrected chi connectivity index (χ4v) is 1.07. The van der Waals surface area contributed by atoms with Crippen molar-refractivity contribution in [2.75, 3.05) is 0 Å². The summed E-state index contributed by atoms with van der Waals surface area (Å²) in [6, 6.07) is 3.02. The van der Waals surface area contributed by atoms with Gasteiger partial charge in [-0.3, -0.25) is 4.98 Å². The highest BCUT2D eigenvalue weighted by Gasteiger charge is 2.13. The Morgan fingerprint density at radius 2 is 2.07 bits per heavy atom. The van der Waals surface area contributed by atoms with Gasteiger partial charge in [-0.15, -0.1) is 0 Å². The quantitative estimate of drug-likeness (QED) is 0.619. The Kier molecular flexibility index (Phi) is 2.30. The van der Waals surface area contributed by atoms with Gasteiger partial charge in [0.2, 0.25) is 5.89 Å². The predicted molar refractivity (Wildman–Crippen MR) is 49.6 cm³/mol. The summed E-state index contributed by atoms with van der Waals surface area (Å²) in [6.07, 6.45) is 4.40. The van der Waals surface area contributed by atoms with Crippen molar-refractivity contribution in [2.45, 2.75) is 0 Å². The lowest BCUT2D eigenvalue weighted by Gasteiger charge is -1.99. The summed E-state index contributed by atoms with van der Waals surface area (Å²) in [7, 11) is -1.51. The van der Waals surface area contributed by atoms with Crippen molar-refractivity contribution in [1.82, 2.24) is 9.97 Å². The molecule has 0 saturated carbocycles.